The van der Waals surface area contributed by atoms with Gasteiger partial charge in [-0.1, -0.05) is 60.7 Å². The van der Waals surface area contributed by atoms with Gasteiger partial charge in [0.15, 0.2) is 0 Å². The molecule has 0 radical (unpaired) electrons. The molecule has 1 saturated heterocycles. The van der Waals surface area contributed by atoms with Gasteiger partial charge >= 0.3 is 0 Å². The number of hydrogen-bond acceptors (Lipinski definition) is 4. The third kappa shape index (κ3) is 3.15. The molecular weight excluding hydrogens is 360 g/mol. The first-order valence-corrected chi connectivity index (χ1v) is 10.4. The lowest BCUT2D eigenvalue weighted by atomic mass is 9.67. The summed E-state index contributed by atoms with van der Waals surface area (Å²) in [7, 11) is 1.96. The summed E-state index contributed by atoms with van der Waals surface area (Å²) in [6.07, 6.45) is 4.07. The second-order valence-electron chi connectivity index (χ2n) is 8.12. The first kappa shape index (κ1) is 18.1. The molecule has 2 aliphatic heterocycles. The summed E-state index contributed by atoms with van der Waals surface area (Å²) < 4.78 is 0. The summed E-state index contributed by atoms with van der Waals surface area (Å²) in [5, 5.41) is 11.7. The van der Waals surface area contributed by atoms with E-state index in [9.17, 15) is 4.79 Å². The molecule has 29 heavy (non-hydrogen) atoms. The van der Waals surface area contributed by atoms with Crippen molar-refractivity contribution in [2.45, 2.75) is 31.3 Å². The van der Waals surface area contributed by atoms with E-state index in [0.717, 1.165) is 30.8 Å². The van der Waals surface area contributed by atoms with E-state index in [1.807, 2.05) is 13.1 Å². The van der Waals surface area contributed by atoms with E-state index < -0.39 is 0 Å². The third-order valence-corrected chi connectivity index (χ3v) is 6.35. The van der Waals surface area contributed by atoms with Crippen LogP contribution in [0.1, 0.15) is 41.5 Å². The Kier molecular flexibility index (Phi) is 4.68. The minimum absolute atomic E-state index is 0.0327. The van der Waals surface area contributed by atoms with Crippen molar-refractivity contribution in [3.63, 3.8) is 0 Å². The molecule has 0 spiro atoms. The van der Waals surface area contributed by atoms with Crippen molar-refractivity contribution in [3.05, 3.63) is 83.1 Å². The molecule has 2 heterocycles. The van der Waals surface area contributed by atoms with Crippen LogP contribution in [0.15, 0.2) is 71.5 Å². The van der Waals surface area contributed by atoms with Crippen LogP contribution >= 0.6 is 0 Å². The van der Waals surface area contributed by atoms with E-state index in [1.165, 1.54) is 16.7 Å². The third-order valence-electron chi connectivity index (χ3n) is 6.35. The van der Waals surface area contributed by atoms with Gasteiger partial charge in [0, 0.05) is 18.2 Å². The first-order chi connectivity index (χ1) is 14.3. The molecular formula is C24H26N4O. The summed E-state index contributed by atoms with van der Waals surface area (Å²) >= 11 is 0. The van der Waals surface area contributed by atoms with Gasteiger partial charge in [0.05, 0.1) is 23.6 Å². The highest BCUT2D eigenvalue weighted by Gasteiger charge is 2.48. The number of benzene rings is 2. The summed E-state index contributed by atoms with van der Waals surface area (Å²) in [5.41, 5.74) is 8.78. The molecule has 5 nitrogen and oxygen atoms in total. The van der Waals surface area contributed by atoms with E-state index in [-0.39, 0.29) is 29.7 Å². The fraction of sp³-hybridized carbons (Fsp3) is 0.333. The van der Waals surface area contributed by atoms with Crippen molar-refractivity contribution in [2.24, 2.45) is 16.9 Å². The Bertz CT molecular complexity index is 981. The maximum absolute atomic E-state index is 12.5. The minimum atomic E-state index is -0.0327. The molecule has 1 amide bonds. The molecule has 0 saturated carbocycles. The smallest absolute Gasteiger partial charge is 0.244 e. The number of nitrogens with one attached hydrogen (secondary N) is 3. The van der Waals surface area contributed by atoms with E-state index in [0.29, 0.717) is 0 Å². The highest BCUT2D eigenvalue weighted by Crippen LogP contribution is 2.46. The van der Waals surface area contributed by atoms with Gasteiger partial charge in [-0.05, 0) is 36.6 Å². The Labute approximate surface area is 171 Å². The molecule has 0 aromatic heterocycles. The number of amides is 1. The Morgan fingerprint density at radius 2 is 1.90 bits per heavy atom. The van der Waals surface area contributed by atoms with Gasteiger partial charge in [0.1, 0.15) is 0 Å². The van der Waals surface area contributed by atoms with E-state index in [2.05, 4.69) is 75.8 Å². The molecule has 4 atom stereocenters. The lowest BCUT2D eigenvalue weighted by Crippen LogP contribution is -2.53. The predicted octanol–water partition coefficient (Wildman–Crippen LogP) is 3.23. The lowest BCUT2D eigenvalue weighted by Gasteiger charge is -2.46. The second-order valence-corrected chi connectivity index (χ2v) is 8.12. The van der Waals surface area contributed by atoms with Crippen LogP contribution in [-0.4, -0.2) is 18.7 Å². The largest absolute Gasteiger partial charge is 0.380 e. The van der Waals surface area contributed by atoms with Crippen molar-refractivity contribution in [1.82, 2.24) is 16.1 Å². The van der Waals surface area contributed by atoms with Crippen molar-refractivity contribution >= 4 is 11.6 Å². The Hall–Kier alpha value is -2.92. The number of carbonyl (C=O) groups is 1. The van der Waals surface area contributed by atoms with Crippen LogP contribution < -0.4 is 16.1 Å². The van der Waals surface area contributed by atoms with Crippen LogP contribution in [0.4, 0.5) is 0 Å². The molecule has 5 rings (SSSR count). The zero-order valence-electron chi connectivity index (χ0n) is 16.6. The lowest BCUT2D eigenvalue weighted by molar-refractivity contribution is -0.126. The zero-order chi connectivity index (χ0) is 19.8. The summed E-state index contributed by atoms with van der Waals surface area (Å²) in [4.78, 5) is 12.5. The average molecular weight is 386 g/mol. The van der Waals surface area contributed by atoms with Crippen molar-refractivity contribution in [3.8, 4) is 0 Å². The number of piperidine rings is 1. The van der Waals surface area contributed by atoms with Gasteiger partial charge in [0.25, 0.3) is 0 Å². The number of allylic oxidation sites excluding steroid dienone is 2. The second kappa shape index (κ2) is 7.48. The predicted molar refractivity (Wildman–Crippen MR) is 114 cm³/mol. The normalized spacial score (nSPS) is 27.8. The molecule has 1 aliphatic carbocycles. The Balaban J connectivity index is 1.65. The summed E-state index contributed by atoms with van der Waals surface area (Å²) in [5.74, 6) is 0.134. The molecule has 2 aromatic rings. The summed E-state index contributed by atoms with van der Waals surface area (Å²) in [6.45, 7) is 0.824. The van der Waals surface area contributed by atoms with Crippen LogP contribution in [0, 0.1) is 11.8 Å². The van der Waals surface area contributed by atoms with Crippen LogP contribution in [0.25, 0.3) is 0 Å². The highest BCUT2D eigenvalue weighted by molar-refractivity contribution is 6.03. The fourth-order valence-electron chi connectivity index (χ4n) is 5.09. The first-order valence-electron chi connectivity index (χ1n) is 10.4. The number of rotatable bonds is 4. The van der Waals surface area contributed by atoms with Gasteiger partial charge in [-0.2, -0.15) is 5.10 Å². The molecule has 0 bridgehead atoms. The van der Waals surface area contributed by atoms with Crippen molar-refractivity contribution in [1.29, 1.82) is 0 Å². The van der Waals surface area contributed by atoms with E-state index in [1.54, 1.807) is 0 Å². The van der Waals surface area contributed by atoms with Crippen LogP contribution in [0.2, 0.25) is 0 Å². The van der Waals surface area contributed by atoms with Gasteiger partial charge in [0.2, 0.25) is 5.91 Å². The van der Waals surface area contributed by atoms with Gasteiger partial charge in [-0.3, -0.25) is 4.79 Å². The fourth-order valence-corrected chi connectivity index (χ4v) is 5.09. The molecule has 148 valence electrons. The van der Waals surface area contributed by atoms with Gasteiger partial charge in [-0.15, -0.1) is 0 Å². The topological polar surface area (TPSA) is 65.5 Å². The molecule has 3 aliphatic rings. The van der Waals surface area contributed by atoms with Crippen LogP contribution in [-0.2, 0) is 11.3 Å². The van der Waals surface area contributed by atoms with Crippen molar-refractivity contribution in [2.75, 3.05) is 7.05 Å². The Morgan fingerprint density at radius 1 is 1.07 bits per heavy atom. The minimum Gasteiger partial charge on any atom is -0.380 e. The molecule has 2 aromatic carbocycles. The Morgan fingerprint density at radius 3 is 2.72 bits per heavy atom. The molecule has 4 unspecified atom stereocenters. The van der Waals surface area contributed by atoms with Crippen LogP contribution in [0.5, 0.6) is 0 Å². The maximum atomic E-state index is 12.5. The number of carbonyl (C=O) groups excluding carboxylic acids is 1. The average Bonchev–Trinajstić information content (AvgIpc) is 2.77. The molecule has 3 N–H and O–H groups in total. The quantitative estimate of drug-likeness (QED) is 0.756. The van der Waals surface area contributed by atoms with Gasteiger partial charge < -0.3 is 10.6 Å². The monoisotopic (exact) mass is 386 g/mol. The zero-order valence-corrected chi connectivity index (χ0v) is 16.6. The maximum Gasteiger partial charge on any atom is 0.244 e. The van der Waals surface area contributed by atoms with E-state index in [4.69, 9.17) is 0 Å². The number of hydrogen-bond donors (Lipinski definition) is 3. The van der Waals surface area contributed by atoms with Crippen molar-refractivity contribution < 1.29 is 4.79 Å². The highest BCUT2D eigenvalue weighted by atomic mass is 16.2. The standard InChI is InChI=1S/C24H26N4O/c1-25-14-15-7-5-10-17(13-15)20-22(16-8-3-2-4-9-16)26-19-12-6-11-18-21(19)23(20)27-28-24(18)29/h2-5,7-10,12-13,18,20-22,25-26H,6,11,14H2,1H3,(H,28,29). The molecule has 5 heteroatoms. The van der Waals surface area contributed by atoms with Crippen LogP contribution in [0.3, 0.4) is 0 Å². The van der Waals surface area contributed by atoms with E-state index >= 15 is 0 Å². The summed E-state index contributed by atoms with van der Waals surface area (Å²) in [6, 6.07) is 19.4. The molecule has 1 fully saturated rings. The van der Waals surface area contributed by atoms with Gasteiger partial charge in [-0.25, -0.2) is 5.43 Å². The number of nitrogens with zero attached hydrogens (tertiary/aromatic N) is 1. The number of hydrazone groups is 1. The SMILES string of the molecule is CNCc1cccc(C2C3=NNC(=O)C4CCC=C(NC2c2ccccc2)C34)c1.